The Kier molecular flexibility index (Phi) is 9.74. The number of carbonyl (C=O) groups is 2. The maximum absolute atomic E-state index is 14.8. The van der Waals surface area contributed by atoms with Crippen molar-refractivity contribution in [1.29, 1.82) is 0 Å². The molecule has 0 aliphatic carbocycles. The Bertz CT molecular complexity index is 1250. The molecule has 2 rings (SSSR count). The maximum Gasteiger partial charge on any atom is 0.417 e. The minimum Gasteiger partial charge on any atom is -0.345 e. The van der Waals surface area contributed by atoms with Crippen LogP contribution in [-0.4, -0.2) is 37.3 Å². The van der Waals surface area contributed by atoms with Crippen LogP contribution in [0.5, 0.6) is 0 Å². The summed E-state index contributed by atoms with van der Waals surface area (Å²) in [6.45, 7) is -2.95. The highest BCUT2D eigenvalue weighted by Crippen LogP contribution is 2.41. The average molecular weight is 645 g/mol. The molecular weight excluding hydrogens is 632 g/mol. The SMILES string of the molecule is O=C(CNC(=O)c1ccc(/C(F)=C/C(c2cc(F)c(F)c(Br)c2)C(F)(F)F)cc1C(F)(F)F)NCC(F)(F)F. The lowest BCUT2D eigenvalue weighted by Crippen LogP contribution is -2.41. The third kappa shape index (κ3) is 8.90. The second kappa shape index (κ2) is 11.9. The molecule has 39 heavy (non-hydrogen) atoms. The van der Waals surface area contributed by atoms with Crippen molar-refractivity contribution in [3.63, 3.8) is 0 Å². The van der Waals surface area contributed by atoms with Crippen molar-refractivity contribution in [1.82, 2.24) is 10.6 Å². The lowest BCUT2D eigenvalue weighted by molar-refractivity contribution is -0.140. The molecule has 2 N–H and O–H groups in total. The molecule has 0 bridgehead atoms. The van der Waals surface area contributed by atoms with Gasteiger partial charge in [-0.3, -0.25) is 9.59 Å². The van der Waals surface area contributed by atoms with Crippen LogP contribution in [0.25, 0.3) is 5.83 Å². The van der Waals surface area contributed by atoms with Crippen LogP contribution in [0.1, 0.15) is 33.0 Å². The van der Waals surface area contributed by atoms with Gasteiger partial charge in [0.25, 0.3) is 5.91 Å². The lowest BCUT2D eigenvalue weighted by Gasteiger charge is -2.19. The van der Waals surface area contributed by atoms with Gasteiger partial charge in [0.1, 0.15) is 18.3 Å². The first-order valence-electron chi connectivity index (χ1n) is 10.1. The summed E-state index contributed by atoms with van der Waals surface area (Å²) in [6.07, 6.45) is -15.7. The van der Waals surface area contributed by atoms with E-state index in [2.05, 4.69) is 15.9 Å². The molecule has 0 aromatic heterocycles. The Morgan fingerprint density at radius 2 is 1.54 bits per heavy atom. The van der Waals surface area contributed by atoms with E-state index < -0.39 is 93.5 Å². The minimum absolute atomic E-state index is 0.0148. The standard InChI is InChI=1S/C22H13BrF12N2O2/c23-14-4-10(5-16(25)18(14)26)12(21(30,31)32)6-15(24)9-1-2-11(13(3-9)22(33,34)35)19(39)36-7-17(38)37-8-20(27,28)29/h1-6,12H,7-8H2,(H,36,39)(H,37,38)/b15-6-. The highest BCUT2D eigenvalue weighted by molar-refractivity contribution is 9.10. The maximum atomic E-state index is 14.8. The fourth-order valence-electron chi connectivity index (χ4n) is 3.02. The van der Waals surface area contributed by atoms with Crippen LogP contribution in [0.4, 0.5) is 52.7 Å². The van der Waals surface area contributed by atoms with E-state index in [1.54, 1.807) is 5.32 Å². The molecule has 0 heterocycles. The first-order valence-corrected chi connectivity index (χ1v) is 10.9. The first kappa shape index (κ1) is 32.0. The fourth-order valence-corrected chi connectivity index (χ4v) is 3.47. The summed E-state index contributed by atoms with van der Waals surface area (Å²) in [5.74, 6) is -11.1. The van der Waals surface area contributed by atoms with E-state index in [4.69, 9.17) is 0 Å². The molecule has 0 spiro atoms. The molecule has 17 heteroatoms. The van der Waals surface area contributed by atoms with Crippen molar-refractivity contribution in [2.45, 2.75) is 24.4 Å². The van der Waals surface area contributed by atoms with E-state index in [1.807, 2.05) is 0 Å². The van der Waals surface area contributed by atoms with Gasteiger partial charge < -0.3 is 10.6 Å². The zero-order chi connectivity index (χ0) is 29.9. The summed E-state index contributed by atoms with van der Waals surface area (Å²) in [4.78, 5) is 23.5. The molecule has 2 aromatic rings. The van der Waals surface area contributed by atoms with Crippen molar-refractivity contribution in [3.8, 4) is 0 Å². The topological polar surface area (TPSA) is 58.2 Å². The summed E-state index contributed by atoms with van der Waals surface area (Å²) in [5.41, 5.74) is -5.15. The monoisotopic (exact) mass is 644 g/mol. The molecule has 1 atom stereocenters. The zero-order valence-electron chi connectivity index (χ0n) is 18.7. The molecule has 1 unspecified atom stereocenters. The highest BCUT2D eigenvalue weighted by Gasteiger charge is 2.41. The van der Waals surface area contributed by atoms with Crippen LogP contribution in [0, 0.1) is 11.6 Å². The van der Waals surface area contributed by atoms with Crippen LogP contribution in [-0.2, 0) is 11.0 Å². The summed E-state index contributed by atoms with van der Waals surface area (Å²) in [5, 5.41) is 2.99. The van der Waals surface area contributed by atoms with Gasteiger partial charge >= 0.3 is 18.5 Å². The summed E-state index contributed by atoms with van der Waals surface area (Å²) in [7, 11) is 0. The van der Waals surface area contributed by atoms with Crippen molar-refractivity contribution in [3.05, 3.63) is 74.8 Å². The zero-order valence-corrected chi connectivity index (χ0v) is 20.3. The lowest BCUT2D eigenvalue weighted by atomic mass is 9.95. The number of allylic oxidation sites excluding steroid dienone is 1. The van der Waals surface area contributed by atoms with Crippen LogP contribution >= 0.6 is 15.9 Å². The van der Waals surface area contributed by atoms with Gasteiger partial charge in [0.05, 0.1) is 22.1 Å². The van der Waals surface area contributed by atoms with Crippen molar-refractivity contribution in [2.75, 3.05) is 13.1 Å². The van der Waals surface area contributed by atoms with E-state index in [-0.39, 0.29) is 18.2 Å². The van der Waals surface area contributed by atoms with Gasteiger partial charge in [-0.05, 0) is 51.8 Å². The number of hydrogen-bond acceptors (Lipinski definition) is 2. The van der Waals surface area contributed by atoms with Crippen molar-refractivity contribution in [2.24, 2.45) is 0 Å². The van der Waals surface area contributed by atoms with Gasteiger partial charge in [0.15, 0.2) is 11.6 Å². The van der Waals surface area contributed by atoms with E-state index in [0.717, 1.165) is 0 Å². The molecule has 2 aromatic carbocycles. The number of hydrogen-bond donors (Lipinski definition) is 2. The third-order valence-corrected chi connectivity index (χ3v) is 5.35. The number of benzene rings is 2. The normalized spacial score (nSPS) is 13.7. The minimum atomic E-state index is -5.38. The summed E-state index contributed by atoms with van der Waals surface area (Å²) >= 11 is 2.50. The van der Waals surface area contributed by atoms with Gasteiger partial charge in [0.2, 0.25) is 5.91 Å². The van der Waals surface area contributed by atoms with Crippen molar-refractivity contribution < 1.29 is 62.3 Å². The summed E-state index contributed by atoms with van der Waals surface area (Å²) in [6, 6.07) is 1.47. The number of rotatable bonds is 7. The van der Waals surface area contributed by atoms with E-state index in [9.17, 15) is 62.3 Å². The number of carbonyl (C=O) groups excluding carboxylic acids is 2. The van der Waals surface area contributed by atoms with Gasteiger partial charge in [-0.2, -0.15) is 39.5 Å². The second-order valence-electron chi connectivity index (χ2n) is 7.67. The molecule has 0 radical (unpaired) electrons. The van der Waals surface area contributed by atoms with Gasteiger partial charge in [-0.25, -0.2) is 13.2 Å². The molecule has 4 nitrogen and oxygen atoms in total. The molecule has 0 aliphatic rings. The van der Waals surface area contributed by atoms with E-state index in [0.29, 0.717) is 18.2 Å². The molecule has 0 aliphatic heterocycles. The average Bonchev–Trinajstić information content (AvgIpc) is 2.80. The Morgan fingerprint density at radius 1 is 0.923 bits per heavy atom. The number of halogens is 13. The number of amides is 2. The Labute approximate surface area is 219 Å². The Balaban J connectivity index is 2.41. The van der Waals surface area contributed by atoms with Crippen molar-refractivity contribution >= 4 is 33.6 Å². The highest BCUT2D eigenvalue weighted by atomic mass is 79.9. The fraction of sp³-hybridized carbons (Fsp3) is 0.273. The summed E-state index contributed by atoms with van der Waals surface area (Å²) < 4.78 is 159. The van der Waals surface area contributed by atoms with Crippen LogP contribution in [0.3, 0.4) is 0 Å². The number of nitrogens with one attached hydrogen (secondary N) is 2. The molecule has 214 valence electrons. The molecule has 0 fully saturated rings. The third-order valence-electron chi connectivity index (χ3n) is 4.77. The Morgan fingerprint density at radius 3 is 2.05 bits per heavy atom. The van der Waals surface area contributed by atoms with E-state index >= 15 is 0 Å². The van der Waals surface area contributed by atoms with Crippen LogP contribution < -0.4 is 10.6 Å². The van der Waals surface area contributed by atoms with E-state index in [1.165, 1.54) is 5.32 Å². The predicted octanol–water partition coefficient (Wildman–Crippen LogP) is 6.81. The molecular formula is C22H13BrF12N2O2. The van der Waals surface area contributed by atoms with Gasteiger partial charge in [0, 0.05) is 5.56 Å². The van der Waals surface area contributed by atoms with Gasteiger partial charge in [-0.15, -0.1) is 0 Å². The smallest absolute Gasteiger partial charge is 0.345 e. The van der Waals surface area contributed by atoms with Gasteiger partial charge in [-0.1, -0.05) is 6.07 Å². The number of alkyl halides is 9. The molecule has 0 saturated carbocycles. The largest absolute Gasteiger partial charge is 0.417 e. The molecule has 2 amide bonds. The first-order chi connectivity index (χ1) is 17.7. The van der Waals surface area contributed by atoms with Crippen LogP contribution in [0.15, 0.2) is 40.9 Å². The van der Waals surface area contributed by atoms with Crippen LogP contribution in [0.2, 0.25) is 0 Å². The molecule has 0 saturated heterocycles. The quantitative estimate of drug-likeness (QED) is 0.257. The second-order valence-corrected chi connectivity index (χ2v) is 8.52. The predicted molar refractivity (Wildman–Crippen MR) is 115 cm³/mol. The Hall–Kier alpha value is -3.24.